The molecule has 1 aliphatic heterocycles. The molecule has 1 N–H and O–H groups in total. The van der Waals surface area contributed by atoms with Gasteiger partial charge in [-0.15, -0.1) is 11.3 Å². The summed E-state index contributed by atoms with van der Waals surface area (Å²) in [5.41, 5.74) is 2.06. The molecule has 0 bridgehead atoms. The third-order valence-electron chi connectivity index (χ3n) is 3.60. The van der Waals surface area contributed by atoms with Crippen molar-refractivity contribution in [3.63, 3.8) is 0 Å². The Kier molecular flexibility index (Phi) is 3.69. The molecule has 2 heterocycles. The minimum Gasteiger partial charge on any atom is -0.481 e. The zero-order valence-corrected chi connectivity index (χ0v) is 11.8. The number of carboxylic acids is 1. The fourth-order valence-electron chi connectivity index (χ4n) is 2.50. The van der Waals surface area contributed by atoms with Crippen molar-refractivity contribution in [1.29, 1.82) is 0 Å². The lowest BCUT2D eigenvalue weighted by Crippen LogP contribution is -2.38. The molecule has 104 valence electrons. The minimum atomic E-state index is -0.700. The van der Waals surface area contributed by atoms with Crippen LogP contribution in [0.15, 0.2) is 35.7 Å². The minimum absolute atomic E-state index is 0.271. The second-order valence-electron chi connectivity index (χ2n) is 5.00. The lowest BCUT2D eigenvalue weighted by molar-refractivity contribution is -0.141. The first kappa shape index (κ1) is 13.1. The van der Waals surface area contributed by atoms with Crippen LogP contribution in [0.4, 0.5) is 5.13 Å². The van der Waals surface area contributed by atoms with Gasteiger partial charge in [0.25, 0.3) is 0 Å². The van der Waals surface area contributed by atoms with Crippen LogP contribution in [0.3, 0.4) is 0 Å². The van der Waals surface area contributed by atoms with Gasteiger partial charge in [-0.3, -0.25) is 4.79 Å². The van der Waals surface area contributed by atoms with E-state index < -0.39 is 5.97 Å². The van der Waals surface area contributed by atoms with Crippen LogP contribution in [0.1, 0.15) is 12.8 Å². The van der Waals surface area contributed by atoms with Gasteiger partial charge < -0.3 is 10.0 Å². The quantitative estimate of drug-likeness (QED) is 0.943. The summed E-state index contributed by atoms with van der Waals surface area (Å²) >= 11 is 1.59. The van der Waals surface area contributed by atoms with Crippen molar-refractivity contribution >= 4 is 22.4 Å². The summed E-state index contributed by atoms with van der Waals surface area (Å²) in [5.74, 6) is -0.970. The predicted molar refractivity (Wildman–Crippen MR) is 80.1 cm³/mol. The number of carbonyl (C=O) groups is 1. The van der Waals surface area contributed by atoms with Gasteiger partial charge in [-0.25, -0.2) is 4.98 Å². The van der Waals surface area contributed by atoms with Gasteiger partial charge in [-0.05, 0) is 12.8 Å². The molecule has 1 fully saturated rings. The van der Waals surface area contributed by atoms with Crippen LogP contribution < -0.4 is 4.90 Å². The van der Waals surface area contributed by atoms with E-state index in [0.29, 0.717) is 6.54 Å². The highest BCUT2D eigenvalue weighted by atomic mass is 32.1. The molecular formula is C15H16N2O2S. The first-order valence-electron chi connectivity index (χ1n) is 6.73. The average Bonchev–Trinajstić information content (AvgIpc) is 2.98. The SMILES string of the molecule is O=C(O)C1CCCN(c2nc(-c3ccccc3)cs2)C1. The Balaban J connectivity index is 1.78. The summed E-state index contributed by atoms with van der Waals surface area (Å²) in [6.45, 7) is 1.46. The monoisotopic (exact) mass is 288 g/mol. The van der Waals surface area contributed by atoms with E-state index in [1.165, 1.54) is 0 Å². The second-order valence-corrected chi connectivity index (χ2v) is 5.84. The summed E-state index contributed by atoms with van der Waals surface area (Å²) in [6.07, 6.45) is 1.68. The Hall–Kier alpha value is -1.88. The van der Waals surface area contributed by atoms with Crippen molar-refractivity contribution in [2.75, 3.05) is 18.0 Å². The van der Waals surface area contributed by atoms with Crippen molar-refractivity contribution < 1.29 is 9.90 Å². The van der Waals surface area contributed by atoms with Crippen molar-refractivity contribution in [2.24, 2.45) is 5.92 Å². The molecule has 0 spiro atoms. The lowest BCUT2D eigenvalue weighted by atomic mass is 9.99. The lowest BCUT2D eigenvalue weighted by Gasteiger charge is -2.30. The second kappa shape index (κ2) is 5.63. The highest BCUT2D eigenvalue weighted by Gasteiger charge is 2.26. The van der Waals surface area contributed by atoms with Crippen molar-refractivity contribution in [2.45, 2.75) is 12.8 Å². The Bertz CT molecular complexity index is 597. The molecule has 1 saturated heterocycles. The molecule has 1 aliphatic rings. The third-order valence-corrected chi connectivity index (χ3v) is 4.50. The molecule has 1 aromatic heterocycles. The smallest absolute Gasteiger partial charge is 0.308 e. The number of hydrogen-bond acceptors (Lipinski definition) is 4. The number of benzene rings is 1. The Morgan fingerprint density at radius 2 is 2.15 bits per heavy atom. The van der Waals surface area contributed by atoms with Crippen LogP contribution in [0.2, 0.25) is 0 Å². The van der Waals surface area contributed by atoms with E-state index in [9.17, 15) is 4.79 Å². The molecule has 4 nitrogen and oxygen atoms in total. The fourth-order valence-corrected chi connectivity index (χ4v) is 3.38. The Morgan fingerprint density at radius 1 is 1.35 bits per heavy atom. The standard InChI is InChI=1S/C15H16N2O2S/c18-14(19)12-7-4-8-17(9-12)15-16-13(10-20-15)11-5-2-1-3-6-11/h1-3,5-6,10,12H,4,7-9H2,(H,18,19). The number of anilines is 1. The van der Waals surface area contributed by atoms with Crippen molar-refractivity contribution in [1.82, 2.24) is 4.98 Å². The van der Waals surface area contributed by atoms with Crippen molar-refractivity contribution in [3.8, 4) is 11.3 Å². The van der Waals surface area contributed by atoms with Crippen molar-refractivity contribution in [3.05, 3.63) is 35.7 Å². The van der Waals surface area contributed by atoms with E-state index >= 15 is 0 Å². The van der Waals surface area contributed by atoms with E-state index in [2.05, 4.69) is 9.88 Å². The molecule has 20 heavy (non-hydrogen) atoms. The third kappa shape index (κ3) is 2.67. The molecule has 0 radical (unpaired) electrons. The van der Waals surface area contributed by atoms with Crippen LogP contribution in [0.5, 0.6) is 0 Å². The van der Waals surface area contributed by atoms with Gasteiger partial charge in [0.1, 0.15) is 0 Å². The van der Waals surface area contributed by atoms with Crippen LogP contribution in [0.25, 0.3) is 11.3 Å². The number of hydrogen-bond donors (Lipinski definition) is 1. The molecule has 2 aromatic rings. The first-order valence-corrected chi connectivity index (χ1v) is 7.61. The molecule has 1 atom stereocenters. The molecule has 0 aliphatic carbocycles. The molecule has 5 heteroatoms. The molecule has 1 aromatic carbocycles. The highest BCUT2D eigenvalue weighted by Crippen LogP contribution is 2.30. The van der Waals surface area contributed by atoms with Gasteiger partial charge in [-0.2, -0.15) is 0 Å². The topological polar surface area (TPSA) is 53.4 Å². The summed E-state index contributed by atoms with van der Waals surface area (Å²) in [4.78, 5) is 17.9. The highest BCUT2D eigenvalue weighted by molar-refractivity contribution is 7.14. The number of aliphatic carboxylic acids is 1. The fraction of sp³-hybridized carbons (Fsp3) is 0.333. The maximum absolute atomic E-state index is 11.1. The number of piperidine rings is 1. The maximum atomic E-state index is 11.1. The van der Waals surface area contributed by atoms with E-state index in [0.717, 1.165) is 35.8 Å². The van der Waals surface area contributed by atoms with E-state index in [1.807, 2.05) is 35.7 Å². The zero-order chi connectivity index (χ0) is 13.9. The van der Waals surface area contributed by atoms with Crippen LogP contribution >= 0.6 is 11.3 Å². The Morgan fingerprint density at radius 3 is 2.90 bits per heavy atom. The van der Waals surface area contributed by atoms with E-state index in [4.69, 9.17) is 5.11 Å². The molecule has 1 unspecified atom stereocenters. The normalized spacial score (nSPS) is 19.0. The van der Waals surface area contributed by atoms with Gasteiger partial charge in [0.05, 0.1) is 11.6 Å². The van der Waals surface area contributed by atoms with Crippen LogP contribution in [-0.2, 0) is 4.79 Å². The van der Waals surface area contributed by atoms with E-state index in [-0.39, 0.29) is 5.92 Å². The van der Waals surface area contributed by atoms with Gasteiger partial charge in [0, 0.05) is 24.0 Å². The first-order chi connectivity index (χ1) is 9.74. The summed E-state index contributed by atoms with van der Waals surface area (Å²) in [6, 6.07) is 10.1. The zero-order valence-electron chi connectivity index (χ0n) is 11.0. The number of thiazole rings is 1. The molecule has 0 saturated carbocycles. The number of aromatic nitrogens is 1. The summed E-state index contributed by atoms with van der Waals surface area (Å²) in [7, 11) is 0. The summed E-state index contributed by atoms with van der Waals surface area (Å²) < 4.78 is 0. The van der Waals surface area contributed by atoms with Gasteiger partial charge >= 0.3 is 5.97 Å². The molecule has 3 rings (SSSR count). The van der Waals surface area contributed by atoms with Gasteiger partial charge in [0.15, 0.2) is 5.13 Å². The number of carboxylic acid groups (broad SMARTS) is 1. The number of rotatable bonds is 3. The predicted octanol–water partition coefficient (Wildman–Crippen LogP) is 3.11. The average molecular weight is 288 g/mol. The van der Waals surface area contributed by atoms with E-state index in [1.54, 1.807) is 11.3 Å². The van der Waals surface area contributed by atoms with Gasteiger partial charge in [-0.1, -0.05) is 30.3 Å². The maximum Gasteiger partial charge on any atom is 0.308 e. The number of nitrogens with zero attached hydrogens (tertiary/aromatic N) is 2. The molecule has 0 amide bonds. The van der Waals surface area contributed by atoms with Gasteiger partial charge in [0.2, 0.25) is 0 Å². The van der Waals surface area contributed by atoms with Crippen LogP contribution in [-0.4, -0.2) is 29.1 Å². The Labute approximate surface area is 121 Å². The summed E-state index contributed by atoms with van der Waals surface area (Å²) in [5, 5.41) is 12.1. The van der Waals surface area contributed by atoms with Crippen LogP contribution in [0, 0.1) is 5.92 Å². The molecular weight excluding hydrogens is 272 g/mol. The largest absolute Gasteiger partial charge is 0.481 e.